The van der Waals surface area contributed by atoms with E-state index in [0.717, 1.165) is 13.1 Å². The van der Waals surface area contributed by atoms with Gasteiger partial charge < -0.3 is 15.1 Å². The number of likely N-dealkylation sites (tertiary alicyclic amines) is 1. The van der Waals surface area contributed by atoms with Crippen LogP contribution in [0, 0.1) is 5.41 Å². The van der Waals surface area contributed by atoms with Crippen molar-refractivity contribution in [2.24, 2.45) is 5.41 Å². The molecule has 0 aliphatic carbocycles. The van der Waals surface area contributed by atoms with Crippen LogP contribution in [-0.2, 0) is 0 Å². The molecule has 0 amide bonds. The van der Waals surface area contributed by atoms with Crippen LogP contribution in [0.5, 0.6) is 0 Å². The molecule has 0 spiro atoms. The molecule has 3 heteroatoms. The van der Waals surface area contributed by atoms with Crippen LogP contribution >= 0.6 is 0 Å². The van der Waals surface area contributed by atoms with Gasteiger partial charge in [0.05, 0.1) is 12.2 Å². The number of nitrogens with zero attached hydrogens (tertiary/aromatic N) is 1. The van der Waals surface area contributed by atoms with Crippen LogP contribution in [0.1, 0.15) is 27.2 Å². The van der Waals surface area contributed by atoms with E-state index in [9.17, 15) is 10.2 Å². The van der Waals surface area contributed by atoms with E-state index < -0.39 is 12.2 Å². The van der Waals surface area contributed by atoms with Crippen molar-refractivity contribution in [2.45, 2.75) is 39.4 Å². The van der Waals surface area contributed by atoms with Gasteiger partial charge in [0.15, 0.2) is 0 Å². The molecule has 1 saturated heterocycles. The van der Waals surface area contributed by atoms with E-state index in [1.165, 1.54) is 0 Å². The third-order valence-corrected chi connectivity index (χ3v) is 2.33. The Balaban J connectivity index is 2.38. The maximum atomic E-state index is 9.45. The molecule has 1 rings (SSSR count). The first kappa shape index (κ1) is 11.0. The van der Waals surface area contributed by atoms with Gasteiger partial charge in [-0.1, -0.05) is 20.8 Å². The minimum Gasteiger partial charge on any atom is -0.390 e. The summed E-state index contributed by atoms with van der Waals surface area (Å²) in [6, 6.07) is 0. The molecular weight excluding hydrogens is 166 g/mol. The molecule has 3 nitrogen and oxygen atoms in total. The molecule has 13 heavy (non-hydrogen) atoms. The summed E-state index contributed by atoms with van der Waals surface area (Å²) in [5.41, 5.74) is 0.266. The Bertz CT molecular complexity index is 165. The summed E-state index contributed by atoms with van der Waals surface area (Å²) in [4.78, 5) is 2.22. The first-order chi connectivity index (χ1) is 5.88. The predicted octanol–water partition coefficient (Wildman–Crippen LogP) is 0.460. The maximum absolute atomic E-state index is 9.45. The molecule has 2 atom stereocenters. The Morgan fingerprint density at radius 2 is 1.85 bits per heavy atom. The van der Waals surface area contributed by atoms with E-state index in [4.69, 9.17) is 0 Å². The normalized spacial score (nSPS) is 32.1. The van der Waals surface area contributed by atoms with Crippen LogP contribution in [0.15, 0.2) is 0 Å². The Labute approximate surface area is 80.4 Å². The molecule has 0 aromatic carbocycles. The van der Waals surface area contributed by atoms with Gasteiger partial charge in [-0.2, -0.15) is 0 Å². The first-order valence-corrected chi connectivity index (χ1v) is 4.97. The SMILES string of the molecule is CC(C)(C)CN1CC[C@H](O)[C@H](O)C1. The van der Waals surface area contributed by atoms with Gasteiger partial charge in [-0.15, -0.1) is 0 Å². The highest BCUT2D eigenvalue weighted by atomic mass is 16.3. The second-order valence-electron chi connectivity index (χ2n) is 5.22. The number of aliphatic hydroxyl groups is 2. The lowest BCUT2D eigenvalue weighted by atomic mass is 9.94. The van der Waals surface area contributed by atoms with Crippen molar-refractivity contribution < 1.29 is 10.2 Å². The van der Waals surface area contributed by atoms with Crippen molar-refractivity contribution in [3.63, 3.8) is 0 Å². The van der Waals surface area contributed by atoms with Gasteiger partial charge in [-0.05, 0) is 11.8 Å². The molecule has 1 heterocycles. The maximum Gasteiger partial charge on any atom is 0.0926 e. The third kappa shape index (κ3) is 3.63. The Hall–Kier alpha value is -0.120. The van der Waals surface area contributed by atoms with Crippen molar-refractivity contribution in [3.8, 4) is 0 Å². The van der Waals surface area contributed by atoms with Crippen molar-refractivity contribution in [1.29, 1.82) is 0 Å². The molecule has 0 bridgehead atoms. The van der Waals surface area contributed by atoms with Crippen LogP contribution in [0.25, 0.3) is 0 Å². The lowest BCUT2D eigenvalue weighted by molar-refractivity contribution is -0.0446. The zero-order valence-electron chi connectivity index (χ0n) is 8.82. The molecule has 0 aromatic heterocycles. The van der Waals surface area contributed by atoms with Crippen LogP contribution in [0.3, 0.4) is 0 Å². The van der Waals surface area contributed by atoms with Gasteiger partial charge in [-0.3, -0.25) is 0 Å². The van der Waals surface area contributed by atoms with Gasteiger partial charge in [0.2, 0.25) is 0 Å². The van der Waals surface area contributed by atoms with E-state index in [-0.39, 0.29) is 5.41 Å². The van der Waals surface area contributed by atoms with Gasteiger partial charge in [0, 0.05) is 19.6 Å². The topological polar surface area (TPSA) is 43.7 Å². The number of aliphatic hydroxyl groups excluding tert-OH is 2. The van der Waals surface area contributed by atoms with Crippen LogP contribution in [0.4, 0.5) is 0 Å². The van der Waals surface area contributed by atoms with E-state index in [1.54, 1.807) is 0 Å². The average Bonchev–Trinajstić information content (AvgIpc) is 1.94. The van der Waals surface area contributed by atoms with Gasteiger partial charge >= 0.3 is 0 Å². The molecule has 1 aliphatic rings. The number of rotatable bonds is 1. The van der Waals surface area contributed by atoms with Crippen LogP contribution < -0.4 is 0 Å². The highest BCUT2D eigenvalue weighted by Gasteiger charge is 2.27. The van der Waals surface area contributed by atoms with E-state index in [1.807, 2.05) is 0 Å². The van der Waals surface area contributed by atoms with Gasteiger partial charge in [0.1, 0.15) is 0 Å². The van der Waals surface area contributed by atoms with Crippen LogP contribution in [-0.4, -0.2) is 47.0 Å². The lowest BCUT2D eigenvalue weighted by Crippen LogP contribution is -2.48. The molecule has 1 aliphatic heterocycles. The minimum absolute atomic E-state index is 0.266. The van der Waals surface area contributed by atoms with Gasteiger partial charge in [0.25, 0.3) is 0 Å². The monoisotopic (exact) mass is 187 g/mol. The summed E-state index contributed by atoms with van der Waals surface area (Å²) < 4.78 is 0. The van der Waals surface area contributed by atoms with Gasteiger partial charge in [-0.25, -0.2) is 0 Å². The zero-order valence-corrected chi connectivity index (χ0v) is 8.82. The summed E-state index contributed by atoms with van der Waals surface area (Å²) in [6.45, 7) is 9.05. The third-order valence-electron chi connectivity index (χ3n) is 2.33. The summed E-state index contributed by atoms with van der Waals surface area (Å²) in [6.07, 6.45) is -0.385. The number of hydrogen-bond acceptors (Lipinski definition) is 3. The largest absolute Gasteiger partial charge is 0.390 e. The zero-order chi connectivity index (χ0) is 10.1. The van der Waals surface area contributed by atoms with Crippen molar-refractivity contribution in [2.75, 3.05) is 19.6 Å². The molecule has 1 fully saturated rings. The molecule has 2 N–H and O–H groups in total. The van der Waals surface area contributed by atoms with E-state index >= 15 is 0 Å². The summed E-state index contributed by atoms with van der Waals surface area (Å²) in [5, 5.41) is 18.8. The quantitative estimate of drug-likeness (QED) is 0.627. The Morgan fingerprint density at radius 1 is 1.23 bits per heavy atom. The fourth-order valence-electron chi connectivity index (χ4n) is 1.80. The van der Waals surface area contributed by atoms with E-state index in [2.05, 4.69) is 25.7 Å². The number of piperidine rings is 1. The summed E-state index contributed by atoms with van der Waals surface area (Å²) >= 11 is 0. The standard InChI is InChI=1S/C10H21NO2/c1-10(2,3)7-11-5-4-8(12)9(13)6-11/h8-9,12-13H,4-7H2,1-3H3/t8-,9+/m0/s1. The van der Waals surface area contributed by atoms with Crippen molar-refractivity contribution in [3.05, 3.63) is 0 Å². The Morgan fingerprint density at radius 3 is 2.31 bits per heavy atom. The molecular formula is C10H21NO2. The Kier molecular flexibility index (Phi) is 3.33. The molecule has 78 valence electrons. The fourth-order valence-corrected chi connectivity index (χ4v) is 1.80. The van der Waals surface area contributed by atoms with E-state index in [0.29, 0.717) is 13.0 Å². The average molecular weight is 187 g/mol. The summed E-state index contributed by atoms with van der Waals surface area (Å²) in [5.74, 6) is 0. The minimum atomic E-state index is -0.559. The number of hydrogen-bond donors (Lipinski definition) is 2. The summed E-state index contributed by atoms with van der Waals surface area (Å²) in [7, 11) is 0. The predicted molar refractivity (Wildman–Crippen MR) is 52.5 cm³/mol. The fraction of sp³-hybridized carbons (Fsp3) is 1.00. The molecule has 0 unspecified atom stereocenters. The van der Waals surface area contributed by atoms with Crippen molar-refractivity contribution >= 4 is 0 Å². The second-order valence-corrected chi connectivity index (χ2v) is 5.22. The lowest BCUT2D eigenvalue weighted by Gasteiger charge is -2.37. The smallest absolute Gasteiger partial charge is 0.0926 e. The first-order valence-electron chi connectivity index (χ1n) is 4.97. The van der Waals surface area contributed by atoms with Crippen LogP contribution in [0.2, 0.25) is 0 Å². The number of β-amino-alcohol motifs (C(OH)–C–C–N with tert-alkyl or cyclic N) is 1. The molecule has 0 saturated carbocycles. The highest BCUT2D eigenvalue weighted by molar-refractivity contribution is 4.81. The highest BCUT2D eigenvalue weighted by Crippen LogP contribution is 2.19. The van der Waals surface area contributed by atoms with Crippen molar-refractivity contribution in [1.82, 2.24) is 4.90 Å². The second kappa shape index (κ2) is 3.95. The molecule has 0 aromatic rings. The molecule has 0 radical (unpaired) electrons.